The molecule has 0 saturated carbocycles. The number of aromatic nitrogens is 2. The molecule has 2 aromatic rings. The van der Waals surface area contributed by atoms with Gasteiger partial charge in [-0.2, -0.15) is 0 Å². The molecule has 0 fully saturated rings. The van der Waals surface area contributed by atoms with Gasteiger partial charge in [0, 0.05) is 10.2 Å². The first kappa shape index (κ1) is 13.6. The molecule has 4 nitrogen and oxygen atoms in total. The van der Waals surface area contributed by atoms with Crippen molar-refractivity contribution in [2.45, 2.75) is 24.7 Å². The van der Waals surface area contributed by atoms with Gasteiger partial charge >= 0.3 is 0 Å². The summed E-state index contributed by atoms with van der Waals surface area (Å²) in [5, 5.41) is 18.0. The summed E-state index contributed by atoms with van der Waals surface area (Å²) in [5.41, 5.74) is 0.104. The Kier molecular flexibility index (Phi) is 4.09. The van der Waals surface area contributed by atoms with E-state index >= 15 is 0 Å². The predicted molar refractivity (Wildman–Crippen MR) is 74.5 cm³/mol. The molecule has 0 spiro atoms. The number of hydrogen-bond donors (Lipinski definition) is 1. The van der Waals surface area contributed by atoms with E-state index in [1.807, 2.05) is 24.3 Å². The Morgan fingerprint density at radius 3 is 2.72 bits per heavy atom. The van der Waals surface area contributed by atoms with E-state index in [0.29, 0.717) is 16.9 Å². The lowest BCUT2D eigenvalue weighted by Crippen LogP contribution is -2.21. The number of halogens is 1. The fourth-order valence-electron chi connectivity index (χ4n) is 1.25. The zero-order chi connectivity index (χ0) is 13.2. The van der Waals surface area contributed by atoms with Gasteiger partial charge in [0.05, 0.1) is 11.2 Å². The smallest absolute Gasteiger partial charge is 0.276 e. The van der Waals surface area contributed by atoms with Crippen molar-refractivity contribution >= 4 is 27.7 Å². The highest BCUT2D eigenvalue weighted by Gasteiger charge is 2.17. The standard InChI is InChI=1S/C12H13BrN2O2S/c1-12(2,16)7-18-11-15-14-10(17-11)8-5-3-4-6-9(8)13/h3-6,16H,7H2,1-2H3. The molecular formula is C12H13BrN2O2S. The van der Waals surface area contributed by atoms with E-state index in [4.69, 9.17) is 4.42 Å². The average molecular weight is 329 g/mol. The van der Waals surface area contributed by atoms with Crippen LogP contribution in [0.25, 0.3) is 11.5 Å². The maximum absolute atomic E-state index is 9.63. The van der Waals surface area contributed by atoms with Crippen LogP contribution in [-0.4, -0.2) is 26.7 Å². The molecule has 0 atom stereocenters. The topological polar surface area (TPSA) is 59.2 Å². The molecule has 0 aliphatic heterocycles. The van der Waals surface area contributed by atoms with Crippen molar-refractivity contribution in [3.63, 3.8) is 0 Å². The first-order valence-corrected chi connectivity index (χ1v) is 7.17. The van der Waals surface area contributed by atoms with Gasteiger partial charge in [-0.1, -0.05) is 23.9 Å². The van der Waals surface area contributed by atoms with Gasteiger partial charge in [0.25, 0.3) is 5.22 Å². The van der Waals surface area contributed by atoms with Gasteiger partial charge in [-0.15, -0.1) is 10.2 Å². The maximum Gasteiger partial charge on any atom is 0.276 e. The third-order valence-corrected chi connectivity index (χ3v) is 4.01. The van der Waals surface area contributed by atoms with E-state index in [0.717, 1.165) is 10.0 Å². The van der Waals surface area contributed by atoms with Crippen LogP contribution in [0.1, 0.15) is 13.8 Å². The van der Waals surface area contributed by atoms with Crippen LogP contribution in [0.4, 0.5) is 0 Å². The zero-order valence-corrected chi connectivity index (χ0v) is 12.5. The van der Waals surface area contributed by atoms with E-state index < -0.39 is 5.60 Å². The molecule has 1 aromatic carbocycles. The van der Waals surface area contributed by atoms with Crippen molar-refractivity contribution in [3.8, 4) is 11.5 Å². The molecule has 18 heavy (non-hydrogen) atoms. The van der Waals surface area contributed by atoms with E-state index in [1.165, 1.54) is 11.8 Å². The molecule has 0 amide bonds. The number of aliphatic hydroxyl groups is 1. The normalized spacial score (nSPS) is 11.8. The summed E-state index contributed by atoms with van der Waals surface area (Å²) >= 11 is 4.78. The Morgan fingerprint density at radius 1 is 1.33 bits per heavy atom. The molecule has 2 rings (SSSR count). The van der Waals surface area contributed by atoms with Crippen LogP contribution in [0.15, 0.2) is 38.4 Å². The molecule has 1 N–H and O–H groups in total. The van der Waals surface area contributed by atoms with E-state index in [9.17, 15) is 5.11 Å². The quantitative estimate of drug-likeness (QED) is 0.872. The minimum absolute atomic E-state index is 0.461. The van der Waals surface area contributed by atoms with Crippen LogP contribution < -0.4 is 0 Å². The van der Waals surface area contributed by atoms with Gasteiger partial charge in [-0.3, -0.25) is 0 Å². The van der Waals surface area contributed by atoms with Gasteiger partial charge in [-0.05, 0) is 41.9 Å². The lowest BCUT2D eigenvalue weighted by Gasteiger charge is -2.13. The first-order chi connectivity index (χ1) is 8.46. The van der Waals surface area contributed by atoms with Crippen molar-refractivity contribution < 1.29 is 9.52 Å². The van der Waals surface area contributed by atoms with Gasteiger partial charge < -0.3 is 9.52 Å². The minimum Gasteiger partial charge on any atom is -0.411 e. The van der Waals surface area contributed by atoms with Crippen LogP contribution in [0.5, 0.6) is 0 Å². The van der Waals surface area contributed by atoms with Crippen LogP contribution in [0.3, 0.4) is 0 Å². The third kappa shape index (κ3) is 3.57. The summed E-state index contributed by atoms with van der Waals surface area (Å²) in [6.07, 6.45) is 0. The molecule has 1 heterocycles. The fourth-order valence-corrected chi connectivity index (χ4v) is 2.42. The van der Waals surface area contributed by atoms with Crippen LogP contribution in [-0.2, 0) is 0 Å². The molecule has 6 heteroatoms. The number of rotatable bonds is 4. The second-order valence-corrected chi connectivity index (χ2v) is 6.24. The minimum atomic E-state index is -0.757. The third-order valence-electron chi connectivity index (χ3n) is 2.06. The fraction of sp³-hybridized carbons (Fsp3) is 0.333. The highest BCUT2D eigenvalue weighted by atomic mass is 79.9. The lowest BCUT2D eigenvalue weighted by molar-refractivity contribution is 0.106. The van der Waals surface area contributed by atoms with E-state index in [1.54, 1.807) is 13.8 Å². The second kappa shape index (κ2) is 5.42. The average Bonchev–Trinajstić information content (AvgIpc) is 2.75. The molecule has 0 aliphatic carbocycles. The first-order valence-electron chi connectivity index (χ1n) is 5.39. The Balaban J connectivity index is 2.14. The molecule has 1 aromatic heterocycles. The van der Waals surface area contributed by atoms with Crippen molar-refractivity contribution in [1.82, 2.24) is 10.2 Å². The maximum atomic E-state index is 9.63. The van der Waals surface area contributed by atoms with Crippen molar-refractivity contribution in [2.24, 2.45) is 0 Å². The molecule has 0 saturated heterocycles. The van der Waals surface area contributed by atoms with Crippen LogP contribution in [0, 0.1) is 0 Å². The van der Waals surface area contributed by atoms with Crippen molar-refractivity contribution in [2.75, 3.05) is 5.75 Å². The van der Waals surface area contributed by atoms with Crippen molar-refractivity contribution in [3.05, 3.63) is 28.7 Å². The van der Waals surface area contributed by atoms with E-state index in [-0.39, 0.29) is 0 Å². The summed E-state index contributed by atoms with van der Waals surface area (Å²) in [6.45, 7) is 3.48. The Labute approximate surface area is 118 Å². The SMILES string of the molecule is CC(C)(O)CSc1nnc(-c2ccccc2Br)o1. The van der Waals surface area contributed by atoms with Gasteiger partial charge in [-0.25, -0.2) is 0 Å². The number of hydrogen-bond acceptors (Lipinski definition) is 5. The largest absolute Gasteiger partial charge is 0.411 e. The van der Waals surface area contributed by atoms with E-state index in [2.05, 4.69) is 26.1 Å². The molecule has 96 valence electrons. The summed E-state index contributed by atoms with van der Waals surface area (Å²) in [6, 6.07) is 7.66. The summed E-state index contributed by atoms with van der Waals surface area (Å²) in [4.78, 5) is 0. The summed E-state index contributed by atoms with van der Waals surface area (Å²) in [7, 11) is 0. The molecule has 0 aliphatic rings. The predicted octanol–water partition coefficient (Wildman–Crippen LogP) is 3.36. The highest BCUT2D eigenvalue weighted by molar-refractivity contribution is 9.10. The van der Waals surface area contributed by atoms with Gasteiger partial charge in [0.2, 0.25) is 5.89 Å². The summed E-state index contributed by atoms with van der Waals surface area (Å²) in [5.74, 6) is 0.977. The molecule has 0 radical (unpaired) electrons. The molecule has 0 unspecified atom stereocenters. The second-order valence-electron chi connectivity index (χ2n) is 4.45. The zero-order valence-electron chi connectivity index (χ0n) is 10.1. The van der Waals surface area contributed by atoms with Crippen molar-refractivity contribution in [1.29, 1.82) is 0 Å². The van der Waals surface area contributed by atoms with Crippen LogP contribution in [0.2, 0.25) is 0 Å². The van der Waals surface area contributed by atoms with Gasteiger partial charge in [0.1, 0.15) is 0 Å². The lowest BCUT2D eigenvalue weighted by atomic mass is 10.2. The monoisotopic (exact) mass is 328 g/mol. The summed E-state index contributed by atoms with van der Waals surface area (Å²) < 4.78 is 6.46. The molecule has 0 bridgehead atoms. The molecular weight excluding hydrogens is 316 g/mol. The number of nitrogens with zero attached hydrogens (tertiary/aromatic N) is 2. The Bertz CT molecular complexity index is 537. The Morgan fingerprint density at radius 2 is 2.06 bits per heavy atom. The highest BCUT2D eigenvalue weighted by Crippen LogP contribution is 2.29. The van der Waals surface area contributed by atoms with Gasteiger partial charge in [0.15, 0.2) is 0 Å². The Hall–Kier alpha value is -0.850. The number of thioether (sulfide) groups is 1. The number of benzene rings is 1. The van der Waals surface area contributed by atoms with Crippen LogP contribution >= 0.6 is 27.7 Å².